The highest BCUT2D eigenvalue weighted by molar-refractivity contribution is 5.96. The van der Waals surface area contributed by atoms with Crippen LogP contribution in [-0.2, 0) is 21.6 Å². The van der Waals surface area contributed by atoms with Gasteiger partial charge in [0.05, 0.1) is 0 Å². The maximum atomic E-state index is 12.6. The summed E-state index contributed by atoms with van der Waals surface area (Å²) in [5, 5.41) is 2.83. The Morgan fingerprint density at radius 2 is 1.61 bits per heavy atom. The third-order valence-corrected chi connectivity index (χ3v) is 4.85. The van der Waals surface area contributed by atoms with E-state index >= 15 is 0 Å². The highest BCUT2D eigenvalue weighted by atomic mass is 16.5. The van der Waals surface area contributed by atoms with Gasteiger partial charge in [-0.05, 0) is 47.1 Å². The molecule has 2 aromatic carbocycles. The van der Waals surface area contributed by atoms with Crippen LogP contribution in [0.15, 0.2) is 48.5 Å². The molecule has 0 saturated carbocycles. The number of carbonyl (C=O) groups is 2. The van der Waals surface area contributed by atoms with Gasteiger partial charge in [0.25, 0.3) is 5.91 Å². The van der Waals surface area contributed by atoms with Crippen molar-refractivity contribution in [2.75, 3.05) is 0 Å². The molecule has 2 aromatic rings. The number of hydrogen-bond donors (Lipinski definition) is 1. The highest BCUT2D eigenvalue weighted by Crippen LogP contribution is 2.22. The Balaban J connectivity index is 2.04. The molecule has 2 rings (SSSR count). The molecule has 0 saturated heterocycles. The zero-order chi connectivity index (χ0) is 20.9. The van der Waals surface area contributed by atoms with Crippen LogP contribution in [0.2, 0.25) is 0 Å². The van der Waals surface area contributed by atoms with Gasteiger partial charge < -0.3 is 10.1 Å². The van der Waals surface area contributed by atoms with Gasteiger partial charge >= 0.3 is 5.97 Å². The van der Waals surface area contributed by atoms with E-state index in [0.717, 1.165) is 16.7 Å². The van der Waals surface area contributed by atoms with Crippen molar-refractivity contribution in [1.29, 1.82) is 0 Å². The van der Waals surface area contributed by atoms with Crippen LogP contribution in [0.4, 0.5) is 0 Å². The molecule has 1 atom stereocenters. The van der Waals surface area contributed by atoms with Crippen LogP contribution in [0.25, 0.3) is 0 Å². The summed E-state index contributed by atoms with van der Waals surface area (Å²) in [6, 6.07) is 14.6. The number of esters is 1. The molecule has 4 nitrogen and oxygen atoms in total. The number of benzene rings is 2. The van der Waals surface area contributed by atoms with Gasteiger partial charge in [0.2, 0.25) is 0 Å². The van der Waals surface area contributed by atoms with Gasteiger partial charge in [-0.2, -0.15) is 0 Å². The topological polar surface area (TPSA) is 55.4 Å². The molecule has 0 radical (unpaired) electrons. The van der Waals surface area contributed by atoms with Gasteiger partial charge in [0.1, 0.15) is 12.6 Å². The standard InChI is InChI=1S/C24H31NO3/c1-16(2)21(23(27)28-15-19-10-8-7-9-17(19)3)25-22(26)18-11-13-20(14-12-18)24(4,5)6/h7-14,16,21H,15H2,1-6H3,(H,25,26)/t21-/m0/s1. The van der Waals surface area contributed by atoms with Crippen LogP contribution in [0.1, 0.15) is 61.7 Å². The van der Waals surface area contributed by atoms with Crippen LogP contribution in [0.5, 0.6) is 0 Å². The molecule has 28 heavy (non-hydrogen) atoms. The molecule has 0 unspecified atom stereocenters. The monoisotopic (exact) mass is 381 g/mol. The summed E-state index contributed by atoms with van der Waals surface area (Å²) < 4.78 is 5.48. The summed E-state index contributed by atoms with van der Waals surface area (Å²) in [4.78, 5) is 25.2. The van der Waals surface area contributed by atoms with E-state index in [2.05, 4.69) is 26.1 Å². The molecule has 0 heterocycles. The number of nitrogens with one attached hydrogen (secondary N) is 1. The molecule has 0 aromatic heterocycles. The number of amides is 1. The molecule has 0 aliphatic heterocycles. The minimum Gasteiger partial charge on any atom is -0.459 e. The summed E-state index contributed by atoms with van der Waals surface area (Å²) in [6.07, 6.45) is 0. The Morgan fingerprint density at radius 1 is 1.00 bits per heavy atom. The maximum Gasteiger partial charge on any atom is 0.329 e. The molecule has 0 fully saturated rings. The predicted molar refractivity (Wildman–Crippen MR) is 112 cm³/mol. The fourth-order valence-corrected chi connectivity index (χ4v) is 2.85. The Kier molecular flexibility index (Phi) is 7.00. The largest absolute Gasteiger partial charge is 0.459 e. The molecule has 0 bridgehead atoms. The predicted octanol–water partition coefficient (Wildman–Crippen LogP) is 4.79. The van der Waals surface area contributed by atoms with Crippen molar-refractivity contribution < 1.29 is 14.3 Å². The molecular formula is C24H31NO3. The molecule has 0 spiro atoms. The van der Waals surface area contributed by atoms with Crippen LogP contribution in [-0.4, -0.2) is 17.9 Å². The first kappa shape index (κ1) is 21.7. The molecule has 0 aliphatic carbocycles. The molecular weight excluding hydrogens is 350 g/mol. The van der Waals surface area contributed by atoms with Crippen molar-refractivity contribution >= 4 is 11.9 Å². The number of ether oxygens (including phenoxy) is 1. The average molecular weight is 382 g/mol. The summed E-state index contributed by atoms with van der Waals surface area (Å²) in [5.41, 5.74) is 3.74. The van der Waals surface area contributed by atoms with E-state index in [4.69, 9.17) is 4.74 Å². The van der Waals surface area contributed by atoms with E-state index < -0.39 is 12.0 Å². The smallest absolute Gasteiger partial charge is 0.329 e. The minimum absolute atomic E-state index is 0.0227. The summed E-state index contributed by atoms with van der Waals surface area (Å²) >= 11 is 0. The minimum atomic E-state index is -0.696. The normalized spacial score (nSPS) is 12.5. The van der Waals surface area contributed by atoms with Gasteiger partial charge in [-0.15, -0.1) is 0 Å². The molecule has 0 aliphatic rings. The second-order valence-corrected chi connectivity index (χ2v) is 8.56. The Labute approximate surface area is 168 Å². The second-order valence-electron chi connectivity index (χ2n) is 8.56. The molecule has 150 valence electrons. The Morgan fingerprint density at radius 3 is 2.14 bits per heavy atom. The van der Waals surface area contributed by atoms with Crippen LogP contribution >= 0.6 is 0 Å². The summed E-state index contributed by atoms with van der Waals surface area (Å²) in [7, 11) is 0. The Bertz CT molecular complexity index is 816. The first-order valence-electron chi connectivity index (χ1n) is 9.72. The lowest BCUT2D eigenvalue weighted by Gasteiger charge is -2.22. The summed E-state index contributed by atoms with van der Waals surface area (Å²) in [6.45, 7) is 12.3. The van der Waals surface area contributed by atoms with Gasteiger partial charge in [-0.3, -0.25) is 4.79 Å². The average Bonchev–Trinajstić information content (AvgIpc) is 2.64. The second kappa shape index (κ2) is 9.05. The van der Waals surface area contributed by atoms with Crippen LogP contribution in [0, 0.1) is 12.8 Å². The Hall–Kier alpha value is -2.62. The number of carbonyl (C=O) groups excluding carboxylic acids is 2. The van der Waals surface area contributed by atoms with Gasteiger partial charge in [-0.1, -0.05) is 71.0 Å². The molecule has 4 heteroatoms. The van der Waals surface area contributed by atoms with E-state index in [1.54, 1.807) is 12.1 Å². The zero-order valence-electron chi connectivity index (χ0n) is 17.7. The lowest BCUT2D eigenvalue weighted by molar-refractivity contribution is -0.148. The van der Waals surface area contributed by atoms with Crippen molar-refractivity contribution in [3.8, 4) is 0 Å². The third-order valence-electron chi connectivity index (χ3n) is 4.85. The van der Waals surface area contributed by atoms with E-state index in [0.29, 0.717) is 5.56 Å². The zero-order valence-corrected chi connectivity index (χ0v) is 17.7. The SMILES string of the molecule is Cc1ccccc1COC(=O)[C@@H](NC(=O)c1ccc(C(C)(C)C)cc1)C(C)C. The van der Waals surface area contributed by atoms with Crippen molar-refractivity contribution in [3.05, 3.63) is 70.8 Å². The fourth-order valence-electron chi connectivity index (χ4n) is 2.85. The van der Waals surface area contributed by atoms with Gasteiger partial charge in [-0.25, -0.2) is 4.79 Å². The van der Waals surface area contributed by atoms with E-state index in [1.807, 2.05) is 57.2 Å². The van der Waals surface area contributed by atoms with Crippen LogP contribution < -0.4 is 5.32 Å². The maximum absolute atomic E-state index is 12.6. The van der Waals surface area contributed by atoms with Crippen molar-refractivity contribution in [2.24, 2.45) is 5.92 Å². The number of aryl methyl sites for hydroxylation is 1. The first-order chi connectivity index (χ1) is 13.1. The van der Waals surface area contributed by atoms with Crippen molar-refractivity contribution in [1.82, 2.24) is 5.32 Å². The molecule has 1 N–H and O–H groups in total. The van der Waals surface area contributed by atoms with Crippen LogP contribution in [0.3, 0.4) is 0 Å². The lowest BCUT2D eigenvalue weighted by Crippen LogP contribution is -2.45. The van der Waals surface area contributed by atoms with E-state index in [9.17, 15) is 9.59 Å². The van der Waals surface area contributed by atoms with E-state index in [-0.39, 0.29) is 23.8 Å². The van der Waals surface area contributed by atoms with Gasteiger partial charge in [0, 0.05) is 5.56 Å². The number of rotatable bonds is 6. The lowest BCUT2D eigenvalue weighted by atomic mass is 9.86. The van der Waals surface area contributed by atoms with Gasteiger partial charge in [0.15, 0.2) is 0 Å². The van der Waals surface area contributed by atoms with Crippen molar-refractivity contribution in [3.63, 3.8) is 0 Å². The third kappa shape index (κ3) is 5.69. The number of hydrogen-bond acceptors (Lipinski definition) is 3. The summed E-state index contributed by atoms with van der Waals surface area (Å²) in [5.74, 6) is -0.771. The van der Waals surface area contributed by atoms with Crippen molar-refractivity contribution in [2.45, 2.75) is 59.6 Å². The fraction of sp³-hybridized carbons (Fsp3) is 0.417. The first-order valence-corrected chi connectivity index (χ1v) is 9.72. The quantitative estimate of drug-likeness (QED) is 0.732. The molecule has 1 amide bonds. The van der Waals surface area contributed by atoms with E-state index in [1.165, 1.54) is 0 Å². The highest BCUT2D eigenvalue weighted by Gasteiger charge is 2.26.